The third kappa shape index (κ3) is 3.99. The first-order valence-electron chi connectivity index (χ1n) is 10.1. The molecule has 0 unspecified atom stereocenters. The molecule has 0 radical (unpaired) electrons. The number of benzene rings is 2. The SMILES string of the molecule is O=C(CN1CCC(c2nnc(-c3ccsc3)o2)CC1)Nc1cccc2ccccc12. The van der Waals surface area contributed by atoms with Gasteiger partial charge < -0.3 is 9.73 Å². The van der Waals surface area contributed by atoms with Crippen LogP contribution < -0.4 is 5.32 Å². The Morgan fingerprint density at radius 3 is 2.77 bits per heavy atom. The summed E-state index contributed by atoms with van der Waals surface area (Å²) in [5.41, 5.74) is 1.83. The van der Waals surface area contributed by atoms with Gasteiger partial charge in [-0.25, -0.2) is 0 Å². The molecule has 5 rings (SSSR count). The lowest BCUT2D eigenvalue weighted by Gasteiger charge is -2.29. The Morgan fingerprint density at radius 2 is 1.93 bits per heavy atom. The van der Waals surface area contributed by atoms with Gasteiger partial charge in [0.1, 0.15) is 0 Å². The van der Waals surface area contributed by atoms with Gasteiger partial charge in [-0.05, 0) is 48.8 Å². The molecule has 0 saturated carbocycles. The van der Waals surface area contributed by atoms with Crippen molar-refractivity contribution >= 4 is 33.7 Å². The number of piperidine rings is 1. The second-order valence-electron chi connectivity index (χ2n) is 7.58. The number of carbonyl (C=O) groups excluding carboxylic acids is 1. The Bertz CT molecular complexity index is 1140. The van der Waals surface area contributed by atoms with Crippen molar-refractivity contribution in [3.63, 3.8) is 0 Å². The molecule has 1 amide bonds. The molecule has 1 saturated heterocycles. The first-order chi connectivity index (χ1) is 14.8. The number of carbonyl (C=O) groups is 1. The van der Waals surface area contributed by atoms with E-state index in [0.29, 0.717) is 18.3 Å². The highest BCUT2D eigenvalue weighted by Crippen LogP contribution is 2.30. The van der Waals surface area contributed by atoms with Crippen LogP contribution in [0.4, 0.5) is 5.69 Å². The van der Waals surface area contributed by atoms with Gasteiger partial charge in [-0.2, -0.15) is 11.3 Å². The topological polar surface area (TPSA) is 71.3 Å². The summed E-state index contributed by atoms with van der Waals surface area (Å²) < 4.78 is 5.89. The molecule has 0 atom stereocenters. The molecule has 1 aliphatic heterocycles. The van der Waals surface area contributed by atoms with Gasteiger partial charge in [0.15, 0.2) is 0 Å². The molecule has 1 aliphatic rings. The van der Waals surface area contributed by atoms with E-state index < -0.39 is 0 Å². The van der Waals surface area contributed by atoms with Crippen molar-refractivity contribution in [2.75, 3.05) is 25.0 Å². The fourth-order valence-corrected chi connectivity index (χ4v) is 4.60. The quantitative estimate of drug-likeness (QED) is 0.505. The van der Waals surface area contributed by atoms with Crippen LogP contribution in [-0.2, 0) is 4.79 Å². The molecular weight excluding hydrogens is 396 g/mol. The monoisotopic (exact) mass is 418 g/mol. The van der Waals surface area contributed by atoms with E-state index in [0.717, 1.165) is 48.0 Å². The largest absolute Gasteiger partial charge is 0.420 e. The predicted molar refractivity (Wildman–Crippen MR) is 119 cm³/mol. The summed E-state index contributed by atoms with van der Waals surface area (Å²) in [5, 5.41) is 17.7. The lowest BCUT2D eigenvalue weighted by molar-refractivity contribution is -0.117. The summed E-state index contributed by atoms with van der Waals surface area (Å²) in [5.74, 6) is 1.56. The number of likely N-dealkylation sites (tertiary alicyclic amines) is 1. The molecule has 4 aromatic rings. The molecule has 1 fully saturated rings. The molecule has 7 heteroatoms. The second kappa shape index (κ2) is 8.38. The number of anilines is 1. The van der Waals surface area contributed by atoms with E-state index >= 15 is 0 Å². The minimum absolute atomic E-state index is 0.0161. The normalized spacial score (nSPS) is 15.5. The Morgan fingerprint density at radius 1 is 1.10 bits per heavy atom. The Kier molecular flexibility index (Phi) is 5.29. The molecule has 30 heavy (non-hydrogen) atoms. The van der Waals surface area contributed by atoms with Crippen molar-refractivity contribution in [1.29, 1.82) is 0 Å². The van der Waals surface area contributed by atoms with E-state index in [1.165, 1.54) is 0 Å². The standard InChI is InChI=1S/C23H22N4O2S/c28-21(24-20-7-3-5-16-4-1-2-6-19(16)20)14-27-11-8-17(9-12-27)22-25-26-23(29-22)18-10-13-30-15-18/h1-7,10,13,15,17H,8-9,11-12,14H2,(H,24,28). The van der Waals surface area contributed by atoms with Crippen LogP contribution in [0.1, 0.15) is 24.7 Å². The lowest BCUT2D eigenvalue weighted by Crippen LogP contribution is -2.38. The molecule has 0 bridgehead atoms. The van der Waals surface area contributed by atoms with E-state index in [1.54, 1.807) is 11.3 Å². The van der Waals surface area contributed by atoms with Gasteiger partial charge in [-0.3, -0.25) is 9.69 Å². The Balaban J connectivity index is 1.17. The number of hydrogen-bond donors (Lipinski definition) is 1. The molecule has 1 N–H and O–H groups in total. The van der Waals surface area contributed by atoms with Gasteiger partial charge in [-0.1, -0.05) is 36.4 Å². The fourth-order valence-electron chi connectivity index (χ4n) is 3.97. The van der Waals surface area contributed by atoms with Gasteiger partial charge in [-0.15, -0.1) is 10.2 Å². The van der Waals surface area contributed by atoms with Gasteiger partial charge in [0.2, 0.25) is 17.7 Å². The Labute approximate surface area is 178 Å². The zero-order valence-electron chi connectivity index (χ0n) is 16.5. The van der Waals surface area contributed by atoms with Crippen LogP contribution in [0.15, 0.2) is 63.7 Å². The highest BCUT2D eigenvalue weighted by Gasteiger charge is 2.26. The number of thiophene rings is 1. The number of nitrogens with one attached hydrogen (secondary N) is 1. The van der Waals surface area contributed by atoms with E-state index in [9.17, 15) is 4.79 Å². The minimum atomic E-state index is 0.0161. The fraction of sp³-hybridized carbons (Fsp3) is 0.261. The van der Waals surface area contributed by atoms with Crippen LogP contribution in [0.3, 0.4) is 0 Å². The van der Waals surface area contributed by atoms with Crippen molar-refractivity contribution in [3.8, 4) is 11.5 Å². The number of rotatable bonds is 5. The van der Waals surface area contributed by atoms with Crippen LogP contribution in [0, 0.1) is 0 Å². The van der Waals surface area contributed by atoms with Gasteiger partial charge >= 0.3 is 0 Å². The van der Waals surface area contributed by atoms with Gasteiger partial charge in [0.25, 0.3) is 0 Å². The van der Waals surface area contributed by atoms with Crippen LogP contribution in [0.5, 0.6) is 0 Å². The molecular formula is C23H22N4O2S. The molecule has 3 heterocycles. The second-order valence-corrected chi connectivity index (χ2v) is 8.36. The average molecular weight is 419 g/mol. The van der Waals surface area contributed by atoms with Crippen LogP contribution >= 0.6 is 11.3 Å². The first-order valence-corrected chi connectivity index (χ1v) is 11.1. The van der Waals surface area contributed by atoms with Crippen LogP contribution in [0.25, 0.3) is 22.2 Å². The lowest BCUT2D eigenvalue weighted by atomic mass is 9.97. The maximum Gasteiger partial charge on any atom is 0.248 e. The molecule has 2 aromatic carbocycles. The highest BCUT2D eigenvalue weighted by molar-refractivity contribution is 7.08. The average Bonchev–Trinajstić information content (AvgIpc) is 3.47. The van der Waals surface area contributed by atoms with E-state index in [-0.39, 0.29) is 11.8 Å². The third-order valence-electron chi connectivity index (χ3n) is 5.58. The number of fused-ring (bicyclic) bond motifs is 1. The van der Waals surface area contributed by atoms with Crippen molar-refractivity contribution < 1.29 is 9.21 Å². The maximum absolute atomic E-state index is 12.6. The third-order valence-corrected chi connectivity index (χ3v) is 6.26. The summed E-state index contributed by atoms with van der Waals surface area (Å²) in [6.07, 6.45) is 1.82. The van der Waals surface area contributed by atoms with Crippen molar-refractivity contribution in [1.82, 2.24) is 15.1 Å². The van der Waals surface area contributed by atoms with Crippen molar-refractivity contribution in [3.05, 3.63) is 65.2 Å². The highest BCUT2D eigenvalue weighted by atomic mass is 32.1. The molecule has 0 spiro atoms. The summed E-state index contributed by atoms with van der Waals surface area (Å²) in [4.78, 5) is 14.8. The molecule has 2 aromatic heterocycles. The maximum atomic E-state index is 12.6. The zero-order valence-corrected chi connectivity index (χ0v) is 17.3. The first kappa shape index (κ1) is 19.0. The minimum Gasteiger partial charge on any atom is -0.420 e. The zero-order chi connectivity index (χ0) is 20.3. The molecule has 6 nitrogen and oxygen atoms in total. The van der Waals surface area contributed by atoms with Crippen LogP contribution in [-0.4, -0.2) is 40.6 Å². The van der Waals surface area contributed by atoms with Gasteiger partial charge in [0, 0.05) is 27.9 Å². The van der Waals surface area contributed by atoms with Crippen molar-refractivity contribution in [2.24, 2.45) is 0 Å². The van der Waals surface area contributed by atoms with E-state index in [4.69, 9.17) is 4.42 Å². The smallest absolute Gasteiger partial charge is 0.248 e. The predicted octanol–water partition coefficient (Wildman–Crippen LogP) is 4.77. The molecule has 152 valence electrons. The van der Waals surface area contributed by atoms with E-state index in [1.807, 2.05) is 47.2 Å². The Hall–Kier alpha value is -3.03. The number of nitrogens with zero attached hydrogens (tertiary/aromatic N) is 3. The number of hydrogen-bond acceptors (Lipinski definition) is 6. The van der Waals surface area contributed by atoms with E-state index in [2.05, 4.69) is 32.5 Å². The summed E-state index contributed by atoms with van der Waals surface area (Å²) in [7, 11) is 0. The van der Waals surface area contributed by atoms with Crippen LogP contribution in [0.2, 0.25) is 0 Å². The number of aromatic nitrogens is 2. The summed E-state index contributed by atoms with van der Waals surface area (Å²) in [6, 6.07) is 16.0. The van der Waals surface area contributed by atoms with Gasteiger partial charge in [0.05, 0.1) is 6.54 Å². The number of amides is 1. The van der Waals surface area contributed by atoms with Crippen molar-refractivity contribution in [2.45, 2.75) is 18.8 Å². The molecule has 0 aliphatic carbocycles. The summed E-state index contributed by atoms with van der Waals surface area (Å²) in [6.45, 7) is 2.06. The summed E-state index contributed by atoms with van der Waals surface area (Å²) >= 11 is 1.61.